The fraction of sp³-hybridized carbons (Fsp3) is 0.133. The molecule has 3 aromatic rings. The molecule has 0 saturated carbocycles. The van der Waals surface area contributed by atoms with Crippen molar-refractivity contribution in [2.24, 2.45) is 0 Å². The Bertz CT molecular complexity index is 676. The van der Waals surface area contributed by atoms with Gasteiger partial charge in [0.25, 0.3) is 0 Å². The second-order valence-electron chi connectivity index (χ2n) is 4.33. The van der Waals surface area contributed by atoms with Crippen LogP contribution in [0.5, 0.6) is 0 Å². The number of anilines is 1. The van der Waals surface area contributed by atoms with Gasteiger partial charge in [-0.1, -0.05) is 30.3 Å². The van der Waals surface area contributed by atoms with Crippen molar-refractivity contribution in [1.82, 2.24) is 8.96 Å². The summed E-state index contributed by atoms with van der Waals surface area (Å²) in [5.41, 5.74) is 4.60. The number of rotatable bonds is 4. The number of hydrogen-bond acceptors (Lipinski definition) is 3. The van der Waals surface area contributed by atoms with E-state index in [1.807, 2.05) is 24.5 Å². The average Bonchev–Trinajstić information content (AvgIpc) is 2.85. The van der Waals surface area contributed by atoms with E-state index in [9.17, 15) is 0 Å². The molecule has 1 N–H and O–H groups in total. The first-order valence-corrected chi connectivity index (χ1v) is 7.14. The van der Waals surface area contributed by atoms with Crippen LogP contribution in [0, 0.1) is 6.92 Å². The highest BCUT2D eigenvalue weighted by Crippen LogP contribution is 2.21. The smallest absolute Gasteiger partial charge is 0.106 e. The average molecular weight is 269 g/mol. The number of para-hydroxylation sites is 2. The molecule has 96 valence electrons. The standard InChI is InChI=1S/C15H15N3S/c1-12-6-5-9-14-15(12)16-10-18(14)19-11-17-13-7-3-2-4-8-13/h2-10,17H,11H2,1H3. The lowest BCUT2D eigenvalue weighted by molar-refractivity contribution is 1.25. The molecule has 1 aromatic heterocycles. The third kappa shape index (κ3) is 2.58. The molecule has 2 aromatic carbocycles. The maximum atomic E-state index is 4.46. The molecule has 0 aliphatic heterocycles. The number of aryl methyl sites for hydroxylation is 1. The van der Waals surface area contributed by atoms with Gasteiger partial charge in [0.2, 0.25) is 0 Å². The normalized spacial score (nSPS) is 10.8. The first kappa shape index (κ1) is 12.1. The van der Waals surface area contributed by atoms with E-state index in [1.54, 1.807) is 11.9 Å². The van der Waals surface area contributed by atoms with Gasteiger partial charge in [-0.2, -0.15) is 0 Å². The Hall–Kier alpha value is -1.94. The summed E-state index contributed by atoms with van der Waals surface area (Å²) in [5, 5.41) is 3.38. The third-order valence-electron chi connectivity index (χ3n) is 3.00. The van der Waals surface area contributed by atoms with Crippen molar-refractivity contribution in [2.75, 3.05) is 11.2 Å². The Balaban J connectivity index is 1.71. The van der Waals surface area contributed by atoms with Gasteiger partial charge >= 0.3 is 0 Å². The van der Waals surface area contributed by atoms with Crippen molar-refractivity contribution in [3.05, 3.63) is 60.4 Å². The zero-order valence-corrected chi connectivity index (χ0v) is 11.5. The Labute approximate surface area is 116 Å². The van der Waals surface area contributed by atoms with E-state index in [0.717, 1.165) is 17.1 Å². The van der Waals surface area contributed by atoms with Crippen molar-refractivity contribution in [2.45, 2.75) is 6.92 Å². The lowest BCUT2D eigenvalue weighted by Gasteiger charge is -2.06. The maximum absolute atomic E-state index is 4.46. The monoisotopic (exact) mass is 269 g/mol. The van der Waals surface area contributed by atoms with Gasteiger partial charge in [-0.05, 0) is 42.6 Å². The number of benzene rings is 2. The van der Waals surface area contributed by atoms with Gasteiger partial charge in [0.05, 0.1) is 16.9 Å². The first-order valence-electron chi connectivity index (χ1n) is 6.19. The van der Waals surface area contributed by atoms with Crippen molar-refractivity contribution in [1.29, 1.82) is 0 Å². The Kier molecular flexibility index (Phi) is 3.42. The van der Waals surface area contributed by atoms with Gasteiger partial charge in [0, 0.05) is 5.69 Å². The van der Waals surface area contributed by atoms with Gasteiger partial charge in [-0.15, -0.1) is 0 Å². The summed E-state index contributed by atoms with van der Waals surface area (Å²) in [6.07, 6.45) is 1.88. The van der Waals surface area contributed by atoms with Crippen molar-refractivity contribution in [3.8, 4) is 0 Å². The Morgan fingerprint density at radius 2 is 1.95 bits per heavy atom. The summed E-state index contributed by atoms with van der Waals surface area (Å²) in [6.45, 7) is 2.09. The summed E-state index contributed by atoms with van der Waals surface area (Å²) in [5.74, 6) is 0.809. The van der Waals surface area contributed by atoms with Gasteiger partial charge in [0.15, 0.2) is 0 Å². The molecule has 3 rings (SSSR count). The molecule has 0 fully saturated rings. The molecular formula is C15H15N3S. The molecule has 0 bridgehead atoms. The molecule has 0 radical (unpaired) electrons. The second-order valence-corrected chi connectivity index (χ2v) is 5.27. The van der Waals surface area contributed by atoms with Crippen molar-refractivity contribution < 1.29 is 0 Å². The minimum atomic E-state index is 0.809. The summed E-state index contributed by atoms with van der Waals surface area (Å²) >= 11 is 1.70. The van der Waals surface area contributed by atoms with Crippen LogP contribution in [0.2, 0.25) is 0 Å². The van der Waals surface area contributed by atoms with Gasteiger partial charge < -0.3 is 5.32 Å². The van der Waals surface area contributed by atoms with E-state index >= 15 is 0 Å². The molecule has 0 aliphatic carbocycles. The molecule has 0 unspecified atom stereocenters. The largest absolute Gasteiger partial charge is 0.374 e. The number of imidazole rings is 1. The van der Waals surface area contributed by atoms with Crippen molar-refractivity contribution in [3.63, 3.8) is 0 Å². The van der Waals surface area contributed by atoms with E-state index in [2.05, 4.69) is 51.5 Å². The molecule has 0 spiro atoms. The minimum absolute atomic E-state index is 0.809. The van der Waals surface area contributed by atoms with Crippen LogP contribution in [0.25, 0.3) is 11.0 Å². The van der Waals surface area contributed by atoms with Crippen LogP contribution in [0.4, 0.5) is 5.69 Å². The summed E-state index contributed by atoms with van der Waals surface area (Å²) in [6, 6.07) is 16.5. The lowest BCUT2D eigenvalue weighted by Crippen LogP contribution is -1.99. The number of nitrogens with one attached hydrogen (secondary N) is 1. The molecule has 3 nitrogen and oxygen atoms in total. The van der Waals surface area contributed by atoms with Crippen LogP contribution in [0.15, 0.2) is 54.9 Å². The van der Waals surface area contributed by atoms with Crippen LogP contribution in [0.1, 0.15) is 5.56 Å². The predicted octanol–water partition coefficient (Wildman–Crippen LogP) is 3.91. The molecule has 4 heteroatoms. The molecule has 19 heavy (non-hydrogen) atoms. The molecule has 0 amide bonds. The quantitative estimate of drug-likeness (QED) is 0.728. The predicted molar refractivity (Wildman–Crippen MR) is 82.4 cm³/mol. The van der Waals surface area contributed by atoms with Gasteiger partial charge in [0.1, 0.15) is 6.33 Å². The van der Waals surface area contributed by atoms with Crippen LogP contribution < -0.4 is 5.32 Å². The fourth-order valence-corrected chi connectivity index (χ4v) is 2.78. The SMILES string of the molecule is Cc1cccc2c1ncn2SCNc1ccccc1. The number of fused-ring (bicyclic) bond motifs is 1. The van der Waals surface area contributed by atoms with Crippen molar-refractivity contribution >= 4 is 28.7 Å². The molecular weight excluding hydrogens is 254 g/mol. The van der Waals surface area contributed by atoms with Gasteiger partial charge in [-0.3, -0.25) is 3.97 Å². The van der Waals surface area contributed by atoms with Crippen LogP contribution in [-0.4, -0.2) is 14.8 Å². The minimum Gasteiger partial charge on any atom is -0.374 e. The van der Waals surface area contributed by atoms with E-state index in [1.165, 1.54) is 11.1 Å². The zero-order chi connectivity index (χ0) is 13.1. The highest BCUT2D eigenvalue weighted by atomic mass is 32.2. The van der Waals surface area contributed by atoms with E-state index in [0.29, 0.717) is 0 Å². The fourth-order valence-electron chi connectivity index (χ4n) is 2.01. The van der Waals surface area contributed by atoms with Gasteiger partial charge in [-0.25, -0.2) is 4.98 Å². The Morgan fingerprint density at radius 3 is 2.79 bits per heavy atom. The number of aromatic nitrogens is 2. The molecule has 0 atom stereocenters. The van der Waals surface area contributed by atoms with Crippen LogP contribution in [-0.2, 0) is 0 Å². The lowest BCUT2D eigenvalue weighted by atomic mass is 10.2. The zero-order valence-electron chi connectivity index (χ0n) is 10.7. The van der Waals surface area contributed by atoms with E-state index < -0.39 is 0 Å². The maximum Gasteiger partial charge on any atom is 0.106 e. The summed E-state index contributed by atoms with van der Waals surface area (Å²) in [7, 11) is 0. The molecule has 0 saturated heterocycles. The first-order chi connectivity index (χ1) is 9.34. The van der Waals surface area contributed by atoms with E-state index in [4.69, 9.17) is 0 Å². The number of nitrogens with zero attached hydrogens (tertiary/aromatic N) is 2. The topological polar surface area (TPSA) is 29.9 Å². The number of hydrogen-bond donors (Lipinski definition) is 1. The van der Waals surface area contributed by atoms with E-state index in [-0.39, 0.29) is 0 Å². The highest BCUT2D eigenvalue weighted by Gasteiger charge is 2.04. The molecule has 1 heterocycles. The summed E-state index contributed by atoms with van der Waals surface area (Å²) < 4.78 is 2.11. The highest BCUT2D eigenvalue weighted by molar-refractivity contribution is 7.98. The molecule has 0 aliphatic rings. The Morgan fingerprint density at radius 1 is 1.11 bits per heavy atom. The van der Waals surface area contributed by atoms with Crippen LogP contribution in [0.3, 0.4) is 0 Å². The second kappa shape index (κ2) is 5.36. The van der Waals surface area contributed by atoms with Crippen LogP contribution >= 0.6 is 11.9 Å². The third-order valence-corrected chi connectivity index (χ3v) is 3.84. The summed E-state index contributed by atoms with van der Waals surface area (Å²) in [4.78, 5) is 4.46.